The molecule has 2 heterocycles. The number of likely N-dealkylation sites (N-methyl/N-ethyl adjacent to an activating group) is 1. The zero-order valence-electron chi connectivity index (χ0n) is 19.2. The Balaban J connectivity index is 1.37. The average molecular weight is 459 g/mol. The number of H-pyrrole nitrogens is 1. The third-order valence-corrected chi connectivity index (χ3v) is 7.60. The first-order valence-corrected chi connectivity index (χ1v) is 12.7. The molecule has 1 aliphatic heterocycles. The second-order valence-electron chi connectivity index (χ2n) is 8.48. The highest BCUT2D eigenvalue weighted by Crippen LogP contribution is 2.46. The van der Waals surface area contributed by atoms with Crippen molar-refractivity contribution < 1.29 is 9.84 Å². The molecule has 4 aromatic rings. The molecule has 0 spiro atoms. The van der Waals surface area contributed by atoms with Crippen LogP contribution in [0.15, 0.2) is 65.6 Å². The predicted molar refractivity (Wildman–Crippen MR) is 137 cm³/mol. The van der Waals surface area contributed by atoms with Crippen LogP contribution < -0.4 is 4.74 Å². The summed E-state index contributed by atoms with van der Waals surface area (Å²) in [5, 5.41) is 11.1. The number of hydrogen-bond donors (Lipinski definition) is 2. The highest BCUT2D eigenvalue weighted by molar-refractivity contribution is 7.98. The lowest BCUT2D eigenvalue weighted by atomic mass is 9.95. The van der Waals surface area contributed by atoms with E-state index in [0.717, 1.165) is 48.5 Å². The van der Waals surface area contributed by atoms with Crippen LogP contribution in [0.25, 0.3) is 22.2 Å². The van der Waals surface area contributed by atoms with Crippen molar-refractivity contribution in [2.75, 3.05) is 26.2 Å². The van der Waals surface area contributed by atoms with Crippen molar-refractivity contribution in [2.45, 2.75) is 30.9 Å². The molecule has 4 nitrogen and oxygen atoms in total. The Morgan fingerprint density at radius 1 is 1.03 bits per heavy atom. The maximum absolute atomic E-state index is 9.99. The molecule has 0 amide bonds. The molecule has 2 N–H and O–H groups in total. The molecule has 0 aliphatic carbocycles. The van der Waals surface area contributed by atoms with Gasteiger partial charge in [0, 0.05) is 33.7 Å². The standard InChI is InChI=1S/C28H30N2O2S/c1-3-30(4-2)14-15-32-22-11-8-19(9-12-22)16-20-6-5-7-26-27(20)28-24(18-33-26)23-17-21(31)10-13-25(23)29-28/h5-13,17,29,31H,3-4,14-16,18H2,1-2H3. The first-order valence-electron chi connectivity index (χ1n) is 11.7. The summed E-state index contributed by atoms with van der Waals surface area (Å²) >= 11 is 1.87. The number of rotatable bonds is 8. The Bertz CT molecular complexity index is 1260. The summed E-state index contributed by atoms with van der Waals surface area (Å²) in [6.45, 7) is 8.13. The van der Waals surface area contributed by atoms with E-state index >= 15 is 0 Å². The summed E-state index contributed by atoms with van der Waals surface area (Å²) in [6.07, 6.45) is 0.865. The number of aromatic amines is 1. The van der Waals surface area contributed by atoms with E-state index in [2.05, 4.69) is 66.2 Å². The minimum atomic E-state index is 0.313. The minimum absolute atomic E-state index is 0.313. The van der Waals surface area contributed by atoms with Gasteiger partial charge in [-0.25, -0.2) is 0 Å². The number of hydrogen-bond acceptors (Lipinski definition) is 4. The van der Waals surface area contributed by atoms with Gasteiger partial charge in [-0.15, -0.1) is 11.8 Å². The van der Waals surface area contributed by atoms with Crippen molar-refractivity contribution in [1.82, 2.24) is 9.88 Å². The van der Waals surface area contributed by atoms with Crippen molar-refractivity contribution in [3.8, 4) is 22.8 Å². The van der Waals surface area contributed by atoms with Crippen LogP contribution >= 0.6 is 11.8 Å². The van der Waals surface area contributed by atoms with Gasteiger partial charge in [-0.1, -0.05) is 38.1 Å². The molecule has 0 radical (unpaired) electrons. The molecule has 3 aromatic carbocycles. The van der Waals surface area contributed by atoms with E-state index in [9.17, 15) is 5.11 Å². The molecule has 33 heavy (non-hydrogen) atoms. The maximum Gasteiger partial charge on any atom is 0.119 e. The summed E-state index contributed by atoms with van der Waals surface area (Å²) < 4.78 is 5.96. The number of aromatic hydroxyl groups is 1. The molecular formula is C28H30N2O2S. The predicted octanol–water partition coefficient (Wildman–Crippen LogP) is 6.46. The minimum Gasteiger partial charge on any atom is -0.508 e. The highest BCUT2D eigenvalue weighted by Gasteiger charge is 2.23. The molecular weight excluding hydrogens is 428 g/mol. The maximum atomic E-state index is 9.99. The summed E-state index contributed by atoms with van der Waals surface area (Å²) in [5.41, 5.74) is 7.42. The first kappa shape index (κ1) is 21.9. The van der Waals surface area contributed by atoms with Gasteiger partial charge in [-0.3, -0.25) is 0 Å². The van der Waals surface area contributed by atoms with Gasteiger partial charge in [-0.05, 0) is 72.6 Å². The molecule has 170 valence electrons. The monoisotopic (exact) mass is 458 g/mol. The van der Waals surface area contributed by atoms with Crippen LogP contribution in [0.5, 0.6) is 11.5 Å². The molecule has 1 aliphatic rings. The van der Waals surface area contributed by atoms with Gasteiger partial charge < -0.3 is 19.7 Å². The zero-order chi connectivity index (χ0) is 22.8. The van der Waals surface area contributed by atoms with Crippen molar-refractivity contribution in [1.29, 1.82) is 0 Å². The normalized spacial score (nSPS) is 12.7. The lowest BCUT2D eigenvalue weighted by molar-refractivity contribution is 0.223. The lowest BCUT2D eigenvalue weighted by Crippen LogP contribution is -2.27. The number of nitrogens with zero attached hydrogens (tertiary/aromatic N) is 1. The Hall–Kier alpha value is -2.89. The fourth-order valence-corrected chi connectivity index (χ4v) is 5.78. The first-order chi connectivity index (χ1) is 16.2. The lowest BCUT2D eigenvalue weighted by Gasteiger charge is -2.20. The van der Waals surface area contributed by atoms with E-state index in [-0.39, 0.29) is 0 Å². The molecule has 5 rings (SSSR count). The van der Waals surface area contributed by atoms with Crippen molar-refractivity contribution in [2.24, 2.45) is 0 Å². The Morgan fingerprint density at radius 3 is 2.64 bits per heavy atom. The van der Waals surface area contributed by atoms with Crippen LogP contribution in [-0.4, -0.2) is 41.2 Å². The number of benzene rings is 3. The number of thioether (sulfide) groups is 1. The van der Waals surface area contributed by atoms with Crippen LogP contribution in [0, 0.1) is 0 Å². The second kappa shape index (κ2) is 9.54. The fourth-order valence-electron chi connectivity index (χ4n) is 4.63. The number of phenolic OH excluding ortho intramolecular Hbond substituents is 1. The van der Waals surface area contributed by atoms with Crippen LogP contribution in [0.1, 0.15) is 30.5 Å². The smallest absolute Gasteiger partial charge is 0.119 e. The molecule has 0 saturated heterocycles. The number of fused-ring (bicyclic) bond motifs is 5. The van der Waals surface area contributed by atoms with E-state index in [1.54, 1.807) is 6.07 Å². The van der Waals surface area contributed by atoms with Crippen LogP contribution in [0.2, 0.25) is 0 Å². The van der Waals surface area contributed by atoms with Crippen LogP contribution in [0.4, 0.5) is 0 Å². The molecule has 0 fully saturated rings. The fraction of sp³-hybridized carbons (Fsp3) is 0.286. The van der Waals surface area contributed by atoms with Crippen LogP contribution in [-0.2, 0) is 12.2 Å². The largest absolute Gasteiger partial charge is 0.508 e. The Morgan fingerprint density at radius 2 is 1.85 bits per heavy atom. The molecule has 0 saturated carbocycles. The molecule has 5 heteroatoms. The van der Waals surface area contributed by atoms with Gasteiger partial charge in [0.1, 0.15) is 18.1 Å². The quantitative estimate of drug-likeness (QED) is 0.318. The van der Waals surface area contributed by atoms with Gasteiger partial charge in [0.2, 0.25) is 0 Å². The Labute approximate surface area is 199 Å². The van der Waals surface area contributed by atoms with Gasteiger partial charge in [0.05, 0.1) is 5.69 Å². The zero-order valence-corrected chi connectivity index (χ0v) is 20.0. The molecule has 1 aromatic heterocycles. The summed E-state index contributed by atoms with van der Waals surface area (Å²) in [6, 6.07) is 20.7. The number of aromatic nitrogens is 1. The summed E-state index contributed by atoms with van der Waals surface area (Å²) in [4.78, 5) is 7.31. The number of nitrogens with one attached hydrogen (secondary N) is 1. The summed E-state index contributed by atoms with van der Waals surface area (Å²) in [7, 11) is 0. The molecule has 0 bridgehead atoms. The number of phenols is 1. The second-order valence-corrected chi connectivity index (χ2v) is 9.50. The van der Waals surface area contributed by atoms with Crippen molar-refractivity contribution in [3.63, 3.8) is 0 Å². The van der Waals surface area contributed by atoms with Gasteiger partial charge in [0.25, 0.3) is 0 Å². The van der Waals surface area contributed by atoms with Gasteiger partial charge in [0.15, 0.2) is 0 Å². The SMILES string of the molecule is CCN(CC)CCOc1ccc(Cc2cccc3c2-c2[nH]c4ccc(O)cc4c2CS3)cc1. The highest BCUT2D eigenvalue weighted by atomic mass is 32.2. The van der Waals surface area contributed by atoms with E-state index in [1.165, 1.54) is 32.8 Å². The van der Waals surface area contributed by atoms with E-state index in [4.69, 9.17) is 4.74 Å². The van der Waals surface area contributed by atoms with Crippen molar-refractivity contribution in [3.05, 3.63) is 77.4 Å². The topological polar surface area (TPSA) is 48.5 Å². The molecule has 0 atom stereocenters. The van der Waals surface area contributed by atoms with E-state index < -0.39 is 0 Å². The van der Waals surface area contributed by atoms with E-state index in [1.807, 2.05) is 23.9 Å². The van der Waals surface area contributed by atoms with E-state index in [0.29, 0.717) is 12.4 Å². The van der Waals surface area contributed by atoms with Gasteiger partial charge >= 0.3 is 0 Å². The molecule has 0 unspecified atom stereocenters. The third kappa shape index (κ3) is 4.48. The van der Waals surface area contributed by atoms with Gasteiger partial charge in [-0.2, -0.15) is 0 Å². The summed E-state index contributed by atoms with van der Waals surface area (Å²) in [5.74, 6) is 2.15. The third-order valence-electron chi connectivity index (χ3n) is 6.51. The van der Waals surface area contributed by atoms with Crippen LogP contribution in [0.3, 0.4) is 0 Å². The Kier molecular flexibility index (Phi) is 6.34. The average Bonchev–Trinajstić information content (AvgIpc) is 3.21. The number of ether oxygens (including phenoxy) is 1. The van der Waals surface area contributed by atoms with Crippen molar-refractivity contribution >= 4 is 22.7 Å².